The number of carbonyl (C=O) groups excluding carboxylic acids is 1. The molecule has 1 amide bonds. The Bertz CT molecular complexity index is 399. The van der Waals surface area contributed by atoms with Crippen molar-refractivity contribution in [1.82, 2.24) is 5.32 Å². The van der Waals surface area contributed by atoms with Gasteiger partial charge in [0.25, 0.3) is 0 Å². The first-order valence-corrected chi connectivity index (χ1v) is 6.30. The predicted octanol–water partition coefficient (Wildman–Crippen LogP) is 2.43. The highest BCUT2D eigenvalue weighted by molar-refractivity contribution is 5.79. The molecule has 1 aromatic rings. The van der Waals surface area contributed by atoms with Crippen LogP contribution in [0.2, 0.25) is 0 Å². The maximum absolute atomic E-state index is 12.8. The Labute approximate surface area is 106 Å². The molecular weight excluding hydrogens is 233 g/mol. The molecule has 0 spiro atoms. The number of hydrogen-bond donors (Lipinski definition) is 1. The summed E-state index contributed by atoms with van der Waals surface area (Å²) >= 11 is 0. The van der Waals surface area contributed by atoms with Crippen molar-refractivity contribution in [3.8, 4) is 0 Å². The van der Waals surface area contributed by atoms with Gasteiger partial charge in [0.1, 0.15) is 5.82 Å². The van der Waals surface area contributed by atoms with Gasteiger partial charge in [-0.05, 0) is 37.5 Å². The zero-order valence-electron chi connectivity index (χ0n) is 10.5. The van der Waals surface area contributed by atoms with E-state index >= 15 is 0 Å². The van der Waals surface area contributed by atoms with Crippen LogP contribution in [0.4, 0.5) is 4.39 Å². The third kappa shape index (κ3) is 3.29. The number of rotatable bonds is 3. The van der Waals surface area contributed by atoms with Crippen LogP contribution in [0.3, 0.4) is 0 Å². The molecule has 18 heavy (non-hydrogen) atoms. The SMILES string of the molecule is CC(NC(=O)C1CCOCC1)c1ccc(F)cc1. The molecule has 1 heterocycles. The van der Waals surface area contributed by atoms with E-state index in [0.29, 0.717) is 13.2 Å². The zero-order valence-corrected chi connectivity index (χ0v) is 10.5. The number of halogens is 1. The summed E-state index contributed by atoms with van der Waals surface area (Å²) < 4.78 is 18.0. The summed E-state index contributed by atoms with van der Waals surface area (Å²) in [5.41, 5.74) is 0.914. The number of ether oxygens (including phenoxy) is 1. The Balaban J connectivity index is 1.91. The van der Waals surface area contributed by atoms with E-state index in [1.165, 1.54) is 12.1 Å². The van der Waals surface area contributed by atoms with E-state index in [0.717, 1.165) is 18.4 Å². The molecule has 3 nitrogen and oxygen atoms in total. The average Bonchev–Trinajstić information content (AvgIpc) is 2.40. The molecule has 1 unspecified atom stereocenters. The highest BCUT2D eigenvalue weighted by atomic mass is 19.1. The Kier molecular flexibility index (Phi) is 4.31. The third-order valence-electron chi connectivity index (χ3n) is 3.32. The van der Waals surface area contributed by atoms with Gasteiger partial charge in [-0.3, -0.25) is 4.79 Å². The molecule has 0 aliphatic carbocycles. The van der Waals surface area contributed by atoms with Crippen LogP contribution in [-0.2, 0) is 9.53 Å². The van der Waals surface area contributed by atoms with E-state index in [9.17, 15) is 9.18 Å². The number of amides is 1. The topological polar surface area (TPSA) is 38.3 Å². The van der Waals surface area contributed by atoms with Gasteiger partial charge in [0.15, 0.2) is 0 Å². The summed E-state index contributed by atoms with van der Waals surface area (Å²) in [4.78, 5) is 12.0. The van der Waals surface area contributed by atoms with Crippen LogP contribution in [0.15, 0.2) is 24.3 Å². The quantitative estimate of drug-likeness (QED) is 0.896. The highest BCUT2D eigenvalue weighted by Crippen LogP contribution is 2.18. The van der Waals surface area contributed by atoms with Crippen molar-refractivity contribution >= 4 is 5.91 Å². The maximum atomic E-state index is 12.8. The van der Waals surface area contributed by atoms with Crippen LogP contribution >= 0.6 is 0 Å². The van der Waals surface area contributed by atoms with Gasteiger partial charge >= 0.3 is 0 Å². The van der Waals surface area contributed by atoms with Gasteiger partial charge in [0.05, 0.1) is 6.04 Å². The normalized spacial score (nSPS) is 18.3. The summed E-state index contributed by atoms with van der Waals surface area (Å²) in [6.07, 6.45) is 1.56. The van der Waals surface area contributed by atoms with Gasteiger partial charge in [-0.25, -0.2) is 4.39 Å². The van der Waals surface area contributed by atoms with E-state index in [1.807, 2.05) is 6.92 Å². The smallest absolute Gasteiger partial charge is 0.223 e. The molecule has 1 saturated heterocycles. The molecule has 0 bridgehead atoms. The number of benzene rings is 1. The monoisotopic (exact) mass is 251 g/mol. The lowest BCUT2D eigenvalue weighted by molar-refractivity contribution is -0.128. The highest BCUT2D eigenvalue weighted by Gasteiger charge is 2.22. The van der Waals surface area contributed by atoms with Crippen molar-refractivity contribution in [2.24, 2.45) is 5.92 Å². The molecular formula is C14H18FNO2. The van der Waals surface area contributed by atoms with Gasteiger partial charge in [0, 0.05) is 19.1 Å². The summed E-state index contributed by atoms with van der Waals surface area (Å²) in [5, 5.41) is 2.97. The van der Waals surface area contributed by atoms with E-state index in [2.05, 4.69) is 5.32 Å². The lowest BCUT2D eigenvalue weighted by atomic mass is 9.98. The Hall–Kier alpha value is -1.42. The second-order valence-electron chi connectivity index (χ2n) is 4.67. The number of nitrogens with one attached hydrogen (secondary N) is 1. The first kappa shape index (κ1) is 13.0. The van der Waals surface area contributed by atoms with Crippen molar-refractivity contribution in [2.45, 2.75) is 25.8 Å². The molecule has 1 fully saturated rings. The zero-order chi connectivity index (χ0) is 13.0. The van der Waals surface area contributed by atoms with E-state index in [4.69, 9.17) is 4.74 Å². The van der Waals surface area contributed by atoms with Crippen LogP contribution in [0, 0.1) is 11.7 Å². The van der Waals surface area contributed by atoms with Crippen molar-refractivity contribution < 1.29 is 13.9 Å². The molecule has 0 aromatic heterocycles. The average molecular weight is 251 g/mol. The standard InChI is InChI=1S/C14H18FNO2/c1-10(11-2-4-13(15)5-3-11)16-14(17)12-6-8-18-9-7-12/h2-5,10,12H,6-9H2,1H3,(H,16,17). The molecule has 1 atom stereocenters. The second-order valence-corrected chi connectivity index (χ2v) is 4.67. The van der Waals surface area contributed by atoms with Gasteiger partial charge < -0.3 is 10.1 Å². The van der Waals surface area contributed by atoms with Crippen LogP contribution in [0.1, 0.15) is 31.4 Å². The van der Waals surface area contributed by atoms with Gasteiger partial charge in [-0.15, -0.1) is 0 Å². The first-order valence-electron chi connectivity index (χ1n) is 6.30. The lowest BCUT2D eigenvalue weighted by Crippen LogP contribution is -2.35. The maximum Gasteiger partial charge on any atom is 0.223 e. The van der Waals surface area contributed by atoms with Gasteiger partial charge in [-0.2, -0.15) is 0 Å². The van der Waals surface area contributed by atoms with Crippen molar-refractivity contribution in [2.75, 3.05) is 13.2 Å². The van der Waals surface area contributed by atoms with Crippen LogP contribution < -0.4 is 5.32 Å². The molecule has 2 rings (SSSR count). The van der Waals surface area contributed by atoms with Crippen LogP contribution in [0.25, 0.3) is 0 Å². The van der Waals surface area contributed by atoms with Crippen molar-refractivity contribution in [3.63, 3.8) is 0 Å². The summed E-state index contributed by atoms with van der Waals surface area (Å²) in [6, 6.07) is 6.12. The molecule has 1 aromatic carbocycles. The molecule has 1 N–H and O–H groups in total. The Morgan fingerprint density at radius 1 is 1.33 bits per heavy atom. The first-order chi connectivity index (χ1) is 8.66. The van der Waals surface area contributed by atoms with Crippen molar-refractivity contribution in [1.29, 1.82) is 0 Å². The Morgan fingerprint density at radius 3 is 2.56 bits per heavy atom. The van der Waals surface area contributed by atoms with Gasteiger partial charge in [0.2, 0.25) is 5.91 Å². The third-order valence-corrected chi connectivity index (χ3v) is 3.32. The molecule has 4 heteroatoms. The number of hydrogen-bond acceptors (Lipinski definition) is 2. The van der Waals surface area contributed by atoms with Gasteiger partial charge in [-0.1, -0.05) is 12.1 Å². The molecule has 0 saturated carbocycles. The fraction of sp³-hybridized carbons (Fsp3) is 0.500. The molecule has 98 valence electrons. The van der Waals surface area contributed by atoms with Crippen molar-refractivity contribution in [3.05, 3.63) is 35.6 Å². The largest absolute Gasteiger partial charge is 0.381 e. The van der Waals surface area contributed by atoms with E-state index < -0.39 is 0 Å². The van der Waals surface area contributed by atoms with E-state index in [1.54, 1.807) is 12.1 Å². The predicted molar refractivity (Wildman–Crippen MR) is 66.5 cm³/mol. The summed E-state index contributed by atoms with van der Waals surface area (Å²) in [7, 11) is 0. The summed E-state index contributed by atoms with van der Waals surface area (Å²) in [5.74, 6) is -0.154. The minimum absolute atomic E-state index is 0.0432. The fourth-order valence-corrected chi connectivity index (χ4v) is 2.13. The van der Waals surface area contributed by atoms with Crippen LogP contribution in [0.5, 0.6) is 0 Å². The lowest BCUT2D eigenvalue weighted by Gasteiger charge is -2.23. The minimum Gasteiger partial charge on any atom is -0.381 e. The molecule has 1 aliphatic heterocycles. The second kappa shape index (κ2) is 5.96. The number of carbonyl (C=O) groups is 1. The summed E-state index contributed by atoms with van der Waals surface area (Å²) in [6.45, 7) is 3.22. The molecule has 1 aliphatic rings. The van der Waals surface area contributed by atoms with E-state index in [-0.39, 0.29) is 23.7 Å². The van der Waals surface area contributed by atoms with Crippen LogP contribution in [-0.4, -0.2) is 19.1 Å². The molecule has 0 radical (unpaired) electrons. The Morgan fingerprint density at radius 2 is 1.94 bits per heavy atom. The minimum atomic E-state index is -0.262. The fourth-order valence-electron chi connectivity index (χ4n) is 2.13.